The summed E-state index contributed by atoms with van der Waals surface area (Å²) in [7, 11) is 2.03. The number of thioether (sulfide) groups is 1. The lowest BCUT2D eigenvalue weighted by Crippen LogP contribution is -2.65. The maximum absolute atomic E-state index is 12.8. The Hall–Kier alpha value is 0.0300. The quantitative estimate of drug-likeness (QED) is 0.800. The first-order chi connectivity index (χ1) is 11.2. The zero-order valence-corrected chi connectivity index (χ0v) is 16.7. The summed E-state index contributed by atoms with van der Waals surface area (Å²) in [4.78, 5) is 14.8. The van der Waals surface area contributed by atoms with Crippen LogP contribution in [0.15, 0.2) is 0 Å². The Morgan fingerprint density at radius 1 is 1.33 bits per heavy atom. The minimum atomic E-state index is 0. The Bertz CT molecular complexity index is 412. The Labute approximate surface area is 157 Å². The molecule has 140 valence electrons. The van der Waals surface area contributed by atoms with Gasteiger partial charge >= 0.3 is 0 Å². The Morgan fingerprint density at radius 3 is 2.71 bits per heavy atom. The number of hydrogen-bond donors (Lipinski definition) is 1. The molecule has 3 unspecified atom stereocenters. The molecule has 0 bridgehead atoms. The summed E-state index contributed by atoms with van der Waals surface area (Å²) in [5.41, 5.74) is 0.243. The maximum Gasteiger partial charge on any atom is 0.224 e. The molecule has 1 saturated heterocycles. The number of carbonyl (C=O) groups excluding carboxylic acids is 1. The van der Waals surface area contributed by atoms with Crippen LogP contribution in [-0.2, 0) is 9.53 Å². The van der Waals surface area contributed by atoms with Crippen molar-refractivity contribution in [2.75, 3.05) is 31.7 Å². The van der Waals surface area contributed by atoms with Gasteiger partial charge in [-0.05, 0) is 26.2 Å². The van der Waals surface area contributed by atoms with E-state index in [1.54, 1.807) is 0 Å². The van der Waals surface area contributed by atoms with Gasteiger partial charge in [0.2, 0.25) is 5.91 Å². The highest BCUT2D eigenvalue weighted by atomic mass is 35.5. The van der Waals surface area contributed by atoms with Gasteiger partial charge in [0.25, 0.3) is 0 Å². The second-order valence-corrected chi connectivity index (χ2v) is 8.57. The molecule has 0 aromatic carbocycles. The lowest BCUT2D eigenvalue weighted by Gasteiger charge is -2.60. The summed E-state index contributed by atoms with van der Waals surface area (Å²) in [6.07, 6.45) is 8.45. The molecule has 3 fully saturated rings. The van der Waals surface area contributed by atoms with E-state index < -0.39 is 0 Å². The molecule has 1 aliphatic heterocycles. The van der Waals surface area contributed by atoms with Crippen LogP contribution < -0.4 is 5.32 Å². The van der Waals surface area contributed by atoms with Gasteiger partial charge < -0.3 is 15.0 Å². The average molecular weight is 377 g/mol. The predicted molar refractivity (Wildman–Crippen MR) is 103 cm³/mol. The van der Waals surface area contributed by atoms with Crippen molar-refractivity contribution in [1.29, 1.82) is 0 Å². The largest absolute Gasteiger partial charge is 0.378 e. The molecule has 0 aromatic rings. The number of ether oxygens (including phenoxy) is 1. The van der Waals surface area contributed by atoms with Crippen LogP contribution in [0.4, 0.5) is 0 Å². The molecule has 1 spiro atoms. The fraction of sp³-hybridized carbons (Fsp3) is 0.944. The summed E-state index contributed by atoms with van der Waals surface area (Å²) >= 11 is 1.96. The molecule has 24 heavy (non-hydrogen) atoms. The van der Waals surface area contributed by atoms with Crippen LogP contribution in [0.25, 0.3) is 0 Å². The van der Waals surface area contributed by atoms with Crippen molar-refractivity contribution in [3.05, 3.63) is 0 Å². The number of carbonyl (C=O) groups is 1. The molecule has 1 heterocycles. The van der Waals surface area contributed by atoms with Crippen molar-refractivity contribution in [3.8, 4) is 0 Å². The van der Waals surface area contributed by atoms with Gasteiger partial charge in [-0.3, -0.25) is 4.79 Å². The average Bonchev–Trinajstić information content (AvgIpc) is 2.59. The van der Waals surface area contributed by atoms with Gasteiger partial charge in [-0.15, -0.1) is 12.4 Å². The van der Waals surface area contributed by atoms with Crippen LogP contribution in [-0.4, -0.2) is 60.7 Å². The van der Waals surface area contributed by atoms with E-state index in [2.05, 4.69) is 17.1 Å². The molecule has 1 amide bonds. The van der Waals surface area contributed by atoms with Crippen LogP contribution in [0, 0.1) is 5.41 Å². The highest BCUT2D eigenvalue weighted by molar-refractivity contribution is 7.99. The van der Waals surface area contributed by atoms with Crippen molar-refractivity contribution in [2.24, 2.45) is 5.41 Å². The minimum Gasteiger partial charge on any atom is -0.378 e. The topological polar surface area (TPSA) is 41.6 Å². The molecule has 3 rings (SSSR count). The van der Waals surface area contributed by atoms with Gasteiger partial charge in [0.1, 0.15) is 0 Å². The van der Waals surface area contributed by atoms with E-state index in [9.17, 15) is 4.79 Å². The third-order valence-electron chi connectivity index (χ3n) is 6.17. The summed E-state index contributed by atoms with van der Waals surface area (Å²) in [6, 6.07) is 0.747. The van der Waals surface area contributed by atoms with Crippen molar-refractivity contribution in [3.63, 3.8) is 0 Å². The molecule has 3 atom stereocenters. The monoisotopic (exact) mass is 376 g/mol. The molecule has 3 aliphatic rings. The van der Waals surface area contributed by atoms with Gasteiger partial charge in [0.05, 0.1) is 6.10 Å². The minimum absolute atomic E-state index is 0. The summed E-state index contributed by atoms with van der Waals surface area (Å²) in [6.45, 7) is 3.91. The zero-order chi connectivity index (χ0) is 16.3. The fourth-order valence-electron chi connectivity index (χ4n) is 4.85. The van der Waals surface area contributed by atoms with Crippen LogP contribution in [0.5, 0.6) is 0 Å². The van der Waals surface area contributed by atoms with Crippen LogP contribution in [0.2, 0.25) is 0 Å². The number of amides is 1. The second-order valence-electron chi connectivity index (χ2n) is 7.42. The number of rotatable bonds is 5. The summed E-state index contributed by atoms with van der Waals surface area (Å²) in [5, 5.41) is 3.49. The van der Waals surface area contributed by atoms with E-state index in [0.717, 1.165) is 25.3 Å². The molecule has 2 saturated carbocycles. The third-order valence-corrected chi connectivity index (χ3v) is 7.31. The van der Waals surface area contributed by atoms with Crippen molar-refractivity contribution >= 4 is 30.1 Å². The molecule has 2 aliphatic carbocycles. The first kappa shape index (κ1) is 20.3. The van der Waals surface area contributed by atoms with Crippen LogP contribution >= 0.6 is 24.2 Å². The number of hydrogen-bond acceptors (Lipinski definition) is 4. The van der Waals surface area contributed by atoms with E-state index in [-0.39, 0.29) is 17.8 Å². The zero-order valence-electron chi connectivity index (χ0n) is 15.1. The van der Waals surface area contributed by atoms with Crippen molar-refractivity contribution in [1.82, 2.24) is 10.2 Å². The van der Waals surface area contributed by atoms with E-state index >= 15 is 0 Å². The molecule has 0 aromatic heterocycles. The van der Waals surface area contributed by atoms with E-state index in [4.69, 9.17) is 4.74 Å². The number of halogens is 1. The van der Waals surface area contributed by atoms with Crippen molar-refractivity contribution < 1.29 is 9.53 Å². The van der Waals surface area contributed by atoms with Crippen LogP contribution in [0.1, 0.15) is 51.9 Å². The van der Waals surface area contributed by atoms with Gasteiger partial charge in [0.15, 0.2) is 0 Å². The summed E-state index contributed by atoms with van der Waals surface area (Å²) in [5.74, 6) is 2.55. The van der Waals surface area contributed by atoms with Gasteiger partial charge in [-0.1, -0.05) is 19.3 Å². The van der Waals surface area contributed by atoms with Gasteiger partial charge in [0, 0.05) is 55.6 Å². The van der Waals surface area contributed by atoms with E-state index in [1.807, 2.05) is 18.8 Å². The lowest BCUT2D eigenvalue weighted by atomic mass is 9.54. The van der Waals surface area contributed by atoms with Crippen LogP contribution in [0.3, 0.4) is 0 Å². The lowest BCUT2D eigenvalue weighted by molar-refractivity contribution is -0.185. The first-order valence-electron chi connectivity index (χ1n) is 9.36. The molecule has 4 nitrogen and oxygen atoms in total. The van der Waals surface area contributed by atoms with E-state index in [1.165, 1.54) is 37.9 Å². The van der Waals surface area contributed by atoms with Gasteiger partial charge in [-0.25, -0.2) is 0 Å². The normalized spacial score (nSPS) is 31.8. The predicted octanol–water partition coefficient (Wildman–Crippen LogP) is 3.09. The smallest absolute Gasteiger partial charge is 0.224 e. The van der Waals surface area contributed by atoms with E-state index in [0.29, 0.717) is 30.5 Å². The standard InChI is InChI=1S/C18H32N2O2S.ClH/c1-3-22-16-12-15(18(16)7-5-4-6-8-18)20(2)17(21)11-14-13-23-10-9-19-14;/h14-16,19H,3-13H2,1-2H3;1H. The highest BCUT2D eigenvalue weighted by Gasteiger charge is 2.57. The Morgan fingerprint density at radius 2 is 2.08 bits per heavy atom. The maximum atomic E-state index is 12.8. The number of nitrogens with zero attached hydrogens (tertiary/aromatic N) is 1. The highest BCUT2D eigenvalue weighted by Crippen LogP contribution is 2.55. The molecule has 1 N–H and O–H groups in total. The Balaban J connectivity index is 0.00000208. The SMILES string of the molecule is CCOC1CC(N(C)C(=O)CC2CSCCN2)C12CCCCC2.Cl. The fourth-order valence-corrected chi connectivity index (χ4v) is 5.80. The number of nitrogens with one attached hydrogen (secondary N) is 1. The van der Waals surface area contributed by atoms with Gasteiger partial charge in [-0.2, -0.15) is 11.8 Å². The molecular formula is C18H33ClN2O2S. The first-order valence-corrected chi connectivity index (χ1v) is 10.5. The summed E-state index contributed by atoms with van der Waals surface area (Å²) < 4.78 is 6.03. The third kappa shape index (κ3) is 4.05. The van der Waals surface area contributed by atoms with Crippen molar-refractivity contribution in [2.45, 2.75) is 70.1 Å². The molecular weight excluding hydrogens is 344 g/mol. The molecule has 0 radical (unpaired) electrons. The second kappa shape index (κ2) is 9.11. The molecule has 6 heteroatoms. The Kier molecular flexibility index (Phi) is 7.72.